The van der Waals surface area contributed by atoms with Gasteiger partial charge < -0.3 is 4.90 Å². The van der Waals surface area contributed by atoms with Gasteiger partial charge in [-0.15, -0.1) is 10.2 Å². The number of hydrogen-bond acceptors (Lipinski definition) is 5. The van der Waals surface area contributed by atoms with Gasteiger partial charge in [0.05, 0.1) is 5.52 Å². The van der Waals surface area contributed by atoms with Crippen molar-refractivity contribution in [1.82, 2.24) is 24.5 Å². The zero-order valence-electron chi connectivity index (χ0n) is 14.5. The Hall–Kier alpha value is -2.21. The molecule has 25 heavy (non-hydrogen) atoms. The van der Waals surface area contributed by atoms with E-state index >= 15 is 0 Å². The third kappa shape index (κ3) is 2.65. The molecule has 0 radical (unpaired) electrons. The predicted molar refractivity (Wildman–Crippen MR) is 98.9 cm³/mol. The Kier molecular flexibility index (Phi) is 3.77. The highest BCUT2D eigenvalue weighted by atomic mass is 15.4. The lowest BCUT2D eigenvalue weighted by Crippen LogP contribution is -2.51. The number of rotatable bonds is 2. The lowest BCUT2D eigenvalue weighted by molar-refractivity contribution is 0.147. The van der Waals surface area contributed by atoms with Crippen molar-refractivity contribution in [2.45, 2.75) is 38.1 Å². The molecule has 1 saturated carbocycles. The van der Waals surface area contributed by atoms with E-state index < -0.39 is 0 Å². The molecule has 0 amide bonds. The summed E-state index contributed by atoms with van der Waals surface area (Å²) in [5.41, 5.74) is 1.89. The van der Waals surface area contributed by atoms with Crippen molar-refractivity contribution < 1.29 is 0 Å². The highest BCUT2D eigenvalue weighted by molar-refractivity contribution is 5.92. The molecule has 6 heteroatoms. The molecule has 1 aliphatic carbocycles. The summed E-state index contributed by atoms with van der Waals surface area (Å²) >= 11 is 0. The van der Waals surface area contributed by atoms with Gasteiger partial charge >= 0.3 is 0 Å². The molecule has 1 aliphatic heterocycles. The molecule has 0 atom stereocenters. The molecular weight excluding hydrogens is 312 g/mol. The zero-order valence-corrected chi connectivity index (χ0v) is 14.5. The third-order valence-corrected chi connectivity index (χ3v) is 5.82. The number of hydrogen-bond donors (Lipinski definition) is 0. The van der Waals surface area contributed by atoms with Gasteiger partial charge in [0.25, 0.3) is 0 Å². The van der Waals surface area contributed by atoms with E-state index in [0.717, 1.165) is 54.7 Å². The minimum atomic E-state index is 0.801. The van der Waals surface area contributed by atoms with Crippen LogP contribution in [0.15, 0.2) is 30.6 Å². The van der Waals surface area contributed by atoms with Crippen molar-refractivity contribution >= 4 is 22.5 Å². The molecule has 0 N–H and O–H groups in total. The van der Waals surface area contributed by atoms with Crippen molar-refractivity contribution in [3.63, 3.8) is 0 Å². The van der Waals surface area contributed by atoms with Gasteiger partial charge in [0, 0.05) is 37.6 Å². The minimum Gasteiger partial charge on any atom is -0.339 e. The van der Waals surface area contributed by atoms with E-state index in [1.807, 2.05) is 16.5 Å². The Morgan fingerprint density at radius 1 is 0.920 bits per heavy atom. The first-order chi connectivity index (χ1) is 12.4. The van der Waals surface area contributed by atoms with Gasteiger partial charge in [-0.25, -0.2) is 4.98 Å². The second kappa shape index (κ2) is 6.26. The molecule has 3 heterocycles. The van der Waals surface area contributed by atoms with Crippen molar-refractivity contribution in [2.24, 2.45) is 0 Å². The fourth-order valence-electron chi connectivity index (χ4n) is 4.44. The molecular formula is C19H24N6. The fourth-order valence-corrected chi connectivity index (χ4v) is 4.44. The minimum absolute atomic E-state index is 0.801. The summed E-state index contributed by atoms with van der Waals surface area (Å²) in [4.78, 5) is 10.0. The number of para-hydroxylation sites is 1. The van der Waals surface area contributed by atoms with E-state index in [9.17, 15) is 0 Å². The predicted octanol–water partition coefficient (Wildman–Crippen LogP) is 2.73. The average Bonchev–Trinajstić information content (AvgIpc) is 3.18. The Morgan fingerprint density at radius 2 is 1.72 bits per heavy atom. The van der Waals surface area contributed by atoms with Crippen molar-refractivity contribution in [2.75, 3.05) is 31.1 Å². The van der Waals surface area contributed by atoms with Crippen LogP contribution in [0.3, 0.4) is 0 Å². The molecule has 3 aromatic rings. The summed E-state index contributed by atoms with van der Waals surface area (Å²) in [6, 6.07) is 8.99. The second-order valence-electron chi connectivity index (χ2n) is 7.27. The highest BCUT2D eigenvalue weighted by Crippen LogP contribution is 2.26. The summed E-state index contributed by atoms with van der Waals surface area (Å²) in [6.45, 7) is 4.30. The van der Waals surface area contributed by atoms with Crippen LogP contribution in [0.2, 0.25) is 0 Å². The summed E-state index contributed by atoms with van der Waals surface area (Å²) in [5, 5.41) is 9.52. The van der Waals surface area contributed by atoms with E-state index in [1.165, 1.54) is 32.1 Å². The fraction of sp³-hybridized carbons (Fsp3) is 0.526. The van der Waals surface area contributed by atoms with Gasteiger partial charge in [0.1, 0.15) is 6.33 Å². The number of nitrogens with zero attached hydrogens (tertiary/aromatic N) is 6. The van der Waals surface area contributed by atoms with Crippen molar-refractivity contribution in [3.8, 4) is 0 Å². The van der Waals surface area contributed by atoms with Gasteiger partial charge in [-0.2, -0.15) is 0 Å². The van der Waals surface area contributed by atoms with E-state index in [2.05, 4.69) is 32.1 Å². The number of anilines is 1. The van der Waals surface area contributed by atoms with Crippen LogP contribution in [0.4, 0.5) is 5.95 Å². The maximum Gasteiger partial charge on any atom is 0.213 e. The van der Waals surface area contributed by atoms with E-state index in [0.29, 0.717) is 0 Å². The maximum absolute atomic E-state index is 4.93. The lowest BCUT2D eigenvalue weighted by Gasteiger charge is -2.41. The van der Waals surface area contributed by atoms with Gasteiger partial charge in [-0.05, 0) is 25.0 Å². The number of aromatic nitrogens is 4. The first-order valence-electron chi connectivity index (χ1n) is 9.47. The number of fused-ring (bicyclic) bond motifs is 3. The van der Waals surface area contributed by atoms with Crippen LogP contribution < -0.4 is 4.90 Å². The average molecular weight is 336 g/mol. The standard InChI is InChI=1S/C19H24N6/c1-2-6-15(7-3-1)23-10-12-24(13-11-23)19-21-17-9-5-4-8-16(17)18-22-20-14-25(18)19/h4-5,8-9,14-15H,1-3,6-7,10-13H2. The molecule has 2 aliphatic rings. The molecule has 130 valence electrons. The van der Waals surface area contributed by atoms with Crippen LogP contribution in [0.1, 0.15) is 32.1 Å². The molecule has 1 aromatic carbocycles. The van der Waals surface area contributed by atoms with E-state index in [1.54, 1.807) is 6.33 Å². The summed E-state index contributed by atoms with van der Waals surface area (Å²) < 4.78 is 2.04. The molecule has 6 nitrogen and oxygen atoms in total. The Morgan fingerprint density at radius 3 is 2.56 bits per heavy atom. The molecule has 2 aromatic heterocycles. The van der Waals surface area contributed by atoms with Crippen molar-refractivity contribution in [1.29, 1.82) is 0 Å². The van der Waals surface area contributed by atoms with Crippen LogP contribution in [0.5, 0.6) is 0 Å². The quantitative estimate of drug-likeness (QED) is 0.720. The first-order valence-corrected chi connectivity index (χ1v) is 9.47. The summed E-state index contributed by atoms with van der Waals surface area (Å²) in [7, 11) is 0. The zero-order chi connectivity index (χ0) is 16.6. The number of piperazine rings is 1. The van der Waals surface area contributed by atoms with E-state index in [4.69, 9.17) is 4.98 Å². The summed E-state index contributed by atoms with van der Waals surface area (Å²) in [5.74, 6) is 0.974. The largest absolute Gasteiger partial charge is 0.339 e. The SMILES string of the molecule is c1ccc2c(c1)nc(N1CCN(C3CCCCC3)CC1)n1cnnc21. The molecule has 5 rings (SSSR count). The monoisotopic (exact) mass is 336 g/mol. The smallest absolute Gasteiger partial charge is 0.213 e. The summed E-state index contributed by atoms with van der Waals surface area (Å²) in [6.07, 6.45) is 8.77. The molecule has 0 spiro atoms. The Bertz CT molecular complexity index is 874. The Balaban J connectivity index is 1.42. The molecule has 1 saturated heterocycles. The van der Waals surface area contributed by atoms with Crippen LogP contribution in [-0.4, -0.2) is 56.7 Å². The van der Waals surface area contributed by atoms with E-state index in [-0.39, 0.29) is 0 Å². The van der Waals surface area contributed by atoms with Crippen LogP contribution >= 0.6 is 0 Å². The molecule has 0 bridgehead atoms. The normalized spacial score (nSPS) is 20.6. The van der Waals surface area contributed by atoms with Gasteiger partial charge in [0.2, 0.25) is 5.95 Å². The van der Waals surface area contributed by atoms with Crippen LogP contribution in [-0.2, 0) is 0 Å². The van der Waals surface area contributed by atoms with Gasteiger partial charge in [-0.3, -0.25) is 9.30 Å². The van der Waals surface area contributed by atoms with Crippen LogP contribution in [0, 0.1) is 0 Å². The van der Waals surface area contributed by atoms with Gasteiger partial charge in [-0.1, -0.05) is 31.4 Å². The molecule has 2 fully saturated rings. The second-order valence-corrected chi connectivity index (χ2v) is 7.27. The maximum atomic E-state index is 4.93. The highest BCUT2D eigenvalue weighted by Gasteiger charge is 2.26. The van der Waals surface area contributed by atoms with Gasteiger partial charge in [0.15, 0.2) is 5.65 Å². The Labute approximate surface area is 147 Å². The molecule has 0 unspecified atom stereocenters. The first kappa shape index (κ1) is 15.1. The third-order valence-electron chi connectivity index (χ3n) is 5.82. The lowest BCUT2D eigenvalue weighted by atomic mass is 9.94. The topological polar surface area (TPSA) is 49.6 Å². The number of benzene rings is 1. The van der Waals surface area contributed by atoms with Crippen molar-refractivity contribution in [3.05, 3.63) is 30.6 Å². The van der Waals surface area contributed by atoms with Crippen LogP contribution in [0.25, 0.3) is 16.6 Å².